The average Bonchev–Trinajstić information content (AvgIpc) is 2.41. The van der Waals surface area contributed by atoms with Gasteiger partial charge in [0.05, 0.1) is 13.1 Å². The summed E-state index contributed by atoms with van der Waals surface area (Å²) in [6.07, 6.45) is -1.67. The van der Waals surface area contributed by atoms with Crippen LogP contribution >= 0.6 is 15.9 Å². The summed E-state index contributed by atoms with van der Waals surface area (Å²) in [6.45, 7) is -0.724. The molecule has 0 bridgehead atoms. The zero-order chi connectivity index (χ0) is 15.1. The van der Waals surface area contributed by atoms with E-state index in [1.54, 1.807) is 24.3 Å². The number of carboxylic acids is 1. The number of aliphatic hydroxyl groups excluding tert-OH is 1. The number of carboxylic acid groups (broad SMARTS) is 1. The zero-order valence-corrected chi connectivity index (χ0v) is 11.9. The Kier molecular flexibility index (Phi) is 6.13. The van der Waals surface area contributed by atoms with Crippen LogP contribution in [0.25, 0.3) is 0 Å². The maximum absolute atomic E-state index is 11.7. The molecule has 0 aliphatic heterocycles. The summed E-state index contributed by atoms with van der Waals surface area (Å²) >= 11 is 3.22. The minimum Gasteiger partial charge on any atom is -0.479 e. The highest BCUT2D eigenvalue weighted by Crippen LogP contribution is 2.11. The van der Waals surface area contributed by atoms with Gasteiger partial charge in [0.25, 0.3) is 5.91 Å². The summed E-state index contributed by atoms with van der Waals surface area (Å²) < 4.78 is 0.735. The van der Waals surface area contributed by atoms with Crippen LogP contribution in [-0.2, 0) is 9.59 Å². The lowest BCUT2D eigenvalue weighted by atomic mass is 10.2. The second-order valence-corrected chi connectivity index (χ2v) is 4.77. The molecule has 1 atom stereocenters. The van der Waals surface area contributed by atoms with Gasteiger partial charge in [-0.05, 0) is 18.2 Å². The summed E-state index contributed by atoms with van der Waals surface area (Å²) in [4.78, 5) is 33.3. The third kappa shape index (κ3) is 5.37. The second-order valence-electron chi connectivity index (χ2n) is 3.85. The molecule has 2 amide bonds. The van der Waals surface area contributed by atoms with Gasteiger partial charge in [0, 0.05) is 10.0 Å². The Labute approximate surface area is 123 Å². The predicted octanol–water partition coefficient (Wildman–Crippen LogP) is -0.259. The predicted molar refractivity (Wildman–Crippen MR) is 73.1 cm³/mol. The monoisotopic (exact) mass is 344 g/mol. The summed E-state index contributed by atoms with van der Waals surface area (Å²) in [7, 11) is 0. The van der Waals surface area contributed by atoms with Crippen molar-refractivity contribution in [1.82, 2.24) is 10.6 Å². The minimum absolute atomic E-state index is 0.308. The van der Waals surface area contributed by atoms with E-state index in [-0.39, 0.29) is 6.54 Å². The normalized spacial score (nSPS) is 11.5. The van der Waals surface area contributed by atoms with Crippen LogP contribution in [-0.4, -0.2) is 47.2 Å². The van der Waals surface area contributed by atoms with E-state index in [9.17, 15) is 14.4 Å². The van der Waals surface area contributed by atoms with Crippen LogP contribution < -0.4 is 10.6 Å². The molecule has 0 saturated heterocycles. The molecule has 0 heterocycles. The van der Waals surface area contributed by atoms with Gasteiger partial charge in [-0.15, -0.1) is 0 Å². The molecule has 7 nitrogen and oxygen atoms in total. The average molecular weight is 345 g/mol. The molecule has 20 heavy (non-hydrogen) atoms. The van der Waals surface area contributed by atoms with E-state index in [2.05, 4.69) is 26.6 Å². The van der Waals surface area contributed by atoms with Gasteiger partial charge in [0.1, 0.15) is 0 Å². The number of hydrogen-bond acceptors (Lipinski definition) is 4. The molecule has 0 aliphatic rings. The number of carbonyl (C=O) groups excluding carboxylic acids is 2. The van der Waals surface area contributed by atoms with Gasteiger partial charge in [-0.2, -0.15) is 0 Å². The van der Waals surface area contributed by atoms with Crippen molar-refractivity contribution in [2.75, 3.05) is 13.1 Å². The Balaban J connectivity index is 2.37. The Hall–Kier alpha value is -1.93. The third-order valence-corrected chi connectivity index (χ3v) is 2.77. The van der Waals surface area contributed by atoms with Crippen molar-refractivity contribution in [3.05, 3.63) is 34.3 Å². The van der Waals surface area contributed by atoms with Crippen molar-refractivity contribution < 1.29 is 24.6 Å². The summed E-state index contributed by atoms with van der Waals surface area (Å²) in [5.41, 5.74) is 0.387. The van der Waals surface area contributed by atoms with Gasteiger partial charge in [0.2, 0.25) is 5.91 Å². The van der Waals surface area contributed by atoms with Crippen molar-refractivity contribution >= 4 is 33.7 Å². The minimum atomic E-state index is -1.67. The lowest BCUT2D eigenvalue weighted by molar-refractivity contribution is -0.146. The molecule has 1 aromatic rings. The third-order valence-electron chi connectivity index (χ3n) is 2.27. The molecule has 0 spiro atoms. The van der Waals surface area contributed by atoms with Crippen LogP contribution in [0.2, 0.25) is 0 Å². The van der Waals surface area contributed by atoms with E-state index in [0.29, 0.717) is 5.56 Å². The zero-order valence-electron chi connectivity index (χ0n) is 10.3. The molecule has 8 heteroatoms. The summed E-state index contributed by atoms with van der Waals surface area (Å²) in [6, 6.07) is 6.63. The lowest BCUT2D eigenvalue weighted by Crippen LogP contribution is -2.41. The molecule has 4 N–H and O–H groups in total. The van der Waals surface area contributed by atoms with Gasteiger partial charge < -0.3 is 20.8 Å². The number of aliphatic hydroxyl groups is 1. The standard InChI is InChI=1S/C12H13BrN2O5/c13-8-3-1-2-7(4-8)11(18)15-6-10(17)14-5-9(16)12(19)20/h1-4,9,16H,5-6H2,(H,14,17)(H,15,18)(H,19,20)/t9-/m0/s1. The van der Waals surface area contributed by atoms with E-state index >= 15 is 0 Å². The highest BCUT2D eigenvalue weighted by Gasteiger charge is 2.14. The topological polar surface area (TPSA) is 116 Å². The number of halogens is 1. The number of amides is 2. The molecular weight excluding hydrogens is 332 g/mol. The molecular formula is C12H13BrN2O5. The maximum atomic E-state index is 11.7. The Bertz CT molecular complexity index is 520. The Morgan fingerprint density at radius 3 is 2.55 bits per heavy atom. The van der Waals surface area contributed by atoms with Gasteiger partial charge >= 0.3 is 5.97 Å². The largest absolute Gasteiger partial charge is 0.479 e. The number of rotatable bonds is 6. The quantitative estimate of drug-likeness (QED) is 0.567. The molecule has 0 fully saturated rings. The SMILES string of the molecule is O=C(CNC(=O)c1cccc(Br)c1)NC[C@H](O)C(=O)O. The maximum Gasteiger partial charge on any atom is 0.334 e. The first-order chi connectivity index (χ1) is 9.40. The molecule has 0 unspecified atom stereocenters. The van der Waals surface area contributed by atoms with Crippen LogP contribution in [0.15, 0.2) is 28.7 Å². The highest BCUT2D eigenvalue weighted by molar-refractivity contribution is 9.10. The first-order valence-electron chi connectivity index (χ1n) is 5.61. The van der Waals surface area contributed by atoms with Crippen molar-refractivity contribution in [3.63, 3.8) is 0 Å². The van der Waals surface area contributed by atoms with Crippen molar-refractivity contribution in [3.8, 4) is 0 Å². The number of benzene rings is 1. The molecule has 0 aliphatic carbocycles. The van der Waals surface area contributed by atoms with Crippen LogP contribution in [0.3, 0.4) is 0 Å². The highest BCUT2D eigenvalue weighted by atomic mass is 79.9. The van der Waals surface area contributed by atoms with E-state index < -0.39 is 30.4 Å². The number of hydrogen-bond donors (Lipinski definition) is 4. The van der Waals surface area contributed by atoms with Crippen LogP contribution in [0.4, 0.5) is 0 Å². The molecule has 0 radical (unpaired) electrons. The molecule has 1 rings (SSSR count). The lowest BCUT2D eigenvalue weighted by Gasteiger charge is -2.09. The molecule has 0 saturated carbocycles. The van der Waals surface area contributed by atoms with E-state index in [1.165, 1.54) is 0 Å². The first-order valence-corrected chi connectivity index (χ1v) is 6.41. The summed E-state index contributed by atoms with van der Waals surface area (Å²) in [5, 5.41) is 21.9. The summed E-state index contributed by atoms with van der Waals surface area (Å²) in [5.74, 6) is -2.45. The first kappa shape index (κ1) is 16.1. The van der Waals surface area contributed by atoms with Gasteiger partial charge in [-0.25, -0.2) is 4.79 Å². The van der Waals surface area contributed by atoms with Crippen molar-refractivity contribution in [2.24, 2.45) is 0 Å². The van der Waals surface area contributed by atoms with Gasteiger partial charge in [-0.3, -0.25) is 9.59 Å². The molecule has 108 valence electrons. The van der Waals surface area contributed by atoms with Crippen molar-refractivity contribution in [1.29, 1.82) is 0 Å². The number of nitrogens with one attached hydrogen (secondary N) is 2. The van der Waals surface area contributed by atoms with E-state index in [4.69, 9.17) is 10.2 Å². The van der Waals surface area contributed by atoms with Crippen LogP contribution in [0.1, 0.15) is 10.4 Å². The number of aliphatic carboxylic acids is 1. The van der Waals surface area contributed by atoms with Crippen LogP contribution in [0.5, 0.6) is 0 Å². The smallest absolute Gasteiger partial charge is 0.334 e. The number of carbonyl (C=O) groups is 3. The fourth-order valence-electron chi connectivity index (χ4n) is 1.25. The fraction of sp³-hybridized carbons (Fsp3) is 0.250. The van der Waals surface area contributed by atoms with Gasteiger partial charge in [0.15, 0.2) is 6.10 Å². The molecule has 1 aromatic carbocycles. The van der Waals surface area contributed by atoms with E-state index in [0.717, 1.165) is 4.47 Å². The van der Waals surface area contributed by atoms with E-state index in [1.807, 2.05) is 0 Å². The van der Waals surface area contributed by atoms with Gasteiger partial charge in [-0.1, -0.05) is 22.0 Å². The fourth-order valence-corrected chi connectivity index (χ4v) is 1.65. The Morgan fingerprint density at radius 2 is 1.95 bits per heavy atom. The van der Waals surface area contributed by atoms with Crippen LogP contribution in [0, 0.1) is 0 Å². The van der Waals surface area contributed by atoms with Crippen molar-refractivity contribution in [2.45, 2.75) is 6.10 Å². The second kappa shape index (κ2) is 7.61. The molecule has 0 aromatic heterocycles. The Morgan fingerprint density at radius 1 is 1.25 bits per heavy atom.